The number of aliphatic hydroxyl groups is 1. The van der Waals surface area contributed by atoms with Crippen LogP contribution in [0.3, 0.4) is 0 Å². The molecule has 264 valence electrons. The molecule has 0 rings (SSSR count). The molecule has 1 amide bonds. The summed E-state index contributed by atoms with van der Waals surface area (Å²) in [6.45, 7) is 4.44. The molecule has 0 aliphatic heterocycles. The van der Waals surface area contributed by atoms with Crippen molar-refractivity contribution in [2.24, 2.45) is 0 Å². The first kappa shape index (κ1) is 43.6. The quantitative estimate of drug-likeness (QED) is 0.0371. The van der Waals surface area contributed by atoms with Crippen LogP contribution in [0, 0.1) is 0 Å². The van der Waals surface area contributed by atoms with Crippen molar-refractivity contribution >= 4 is 16.0 Å². The second-order valence-corrected chi connectivity index (χ2v) is 14.3. The molecular weight excluding hydrogens is 582 g/mol. The number of amides is 1. The lowest BCUT2D eigenvalue weighted by molar-refractivity contribution is -0.122. The fourth-order valence-electron chi connectivity index (χ4n) is 5.49. The zero-order valence-corrected chi connectivity index (χ0v) is 30.1. The summed E-state index contributed by atoms with van der Waals surface area (Å²) in [6, 6.07) is -1.07. The van der Waals surface area contributed by atoms with Crippen molar-refractivity contribution < 1.29 is 22.9 Å². The largest absolute Gasteiger partial charge is 0.387 e. The van der Waals surface area contributed by atoms with Crippen LogP contribution in [0.15, 0.2) is 36.5 Å². The number of allylic oxidation sites excluding steroid dienone is 5. The first-order valence-corrected chi connectivity index (χ1v) is 20.3. The van der Waals surface area contributed by atoms with Gasteiger partial charge >= 0.3 is 0 Å². The minimum atomic E-state index is -4.35. The molecule has 0 aromatic heterocycles. The molecule has 0 heterocycles. The Kier molecular flexibility index (Phi) is 31.5. The molecule has 0 radical (unpaired) electrons. The van der Waals surface area contributed by atoms with Crippen molar-refractivity contribution in [2.75, 3.05) is 5.75 Å². The van der Waals surface area contributed by atoms with Crippen LogP contribution in [-0.2, 0) is 14.9 Å². The molecular formula is C38H71NO5S. The average molecular weight is 654 g/mol. The van der Waals surface area contributed by atoms with Gasteiger partial charge < -0.3 is 10.4 Å². The summed E-state index contributed by atoms with van der Waals surface area (Å²) in [5.74, 6) is -1.01. The van der Waals surface area contributed by atoms with Crippen LogP contribution >= 0.6 is 0 Å². The van der Waals surface area contributed by atoms with Gasteiger partial charge in [0.2, 0.25) is 5.91 Å². The van der Waals surface area contributed by atoms with E-state index in [1.165, 1.54) is 115 Å². The Balaban J connectivity index is 3.92. The highest BCUT2D eigenvalue weighted by atomic mass is 32.2. The lowest BCUT2D eigenvalue weighted by atomic mass is 10.0. The molecule has 0 aromatic carbocycles. The van der Waals surface area contributed by atoms with Crippen molar-refractivity contribution in [3.8, 4) is 0 Å². The van der Waals surface area contributed by atoms with Gasteiger partial charge in [0.25, 0.3) is 10.1 Å². The first-order chi connectivity index (χ1) is 21.8. The maximum atomic E-state index is 12.4. The minimum Gasteiger partial charge on any atom is -0.387 e. The monoisotopic (exact) mass is 654 g/mol. The van der Waals surface area contributed by atoms with E-state index in [4.69, 9.17) is 0 Å². The van der Waals surface area contributed by atoms with Gasteiger partial charge in [0, 0.05) is 6.42 Å². The van der Waals surface area contributed by atoms with E-state index < -0.39 is 28.0 Å². The topological polar surface area (TPSA) is 104 Å². The Morgan fingerprint density at radius 3 is 1.36 bits per heavy atom. The third-order valence-corrected chi connectivity index (χ3v) is 9.06. The third-order valence-electron chi connectivity index (χ3n) is 8.28. The number of carbonyl (C=O) groups is 1. The van der Waals surface area contributed by atoms with Crippen molar-refractivity contribution in [3.05, 3.63) is 36.5 Å². The lowest BCUT2D eigenvalue weighted by Crippen LogP contribution is -2.46. The van der Waals surface area contributed by atoms with Crippen LogP contribution < -0.4 is 5.32 Å². The molecule has 0 saturated heterocycles. The van der Waals surface area contributed by atoms with Crippen molar-refractivity contribution in [2.45, 2.75) is 193 Å². The summed E-state index contributed by atoms with van der Waals surface area (Å²) in [7, 11) is -4.35. The highest BCUT2D eigenvalue weighted by molar-refractivity contribution is 7.85. The van der Waals surface area contributed by atoms with Gasteiger partial charge in [-0.15, -0.1) is 0 Å². The Morgan fingerprint density at radius 1 is 0.578 bits per heavy atom. The van der Waals surface area contributed by atoms with Gasteiger partial charge in [-0.25, -0.2) is 0 Å². The number of unbranched alkanes of at least 4 members (excludes halogenated alkanes) is 21. The molecule has 0 spiro atoms. The molecule has 2 atom stereocenters. The predicted molar refractivity (Wildman–Crippen MR) is 193 cm³/mol. The van der Waals surface area contributed by atoms with Gasteiger partial charge in [0.15, 0.2) is 0 Å². The molecule has 0 aliphatic rings. The van der Waals surface area contributed by atoms with Crippen molar-refractivity contribution in [1.82, 2.24) is 5.32 Å². The maximum absolute atomic E-state index is 12.4. The molecule has 0 saturated carbocycles. The molecule has 7 heteroatoms. The zero-order chi connectivity index (χ0) is 33.3. The number of nitrogens with one attached hydrogen (secondary N) is 1. The molecule has 6 nitrogen and oxygen atoms in total. The SMILES string of the molecule is CCC/C=C/CC/C=C/CC/C=C/C(O)C(CS(=O)(=O)O)NC(=O)CCCCCCCCCCCCCCCCCCCCC. The van der Waals surface area contributed by atoms with E-state index in [0.717, 1.165) is 44.9 Å². The van der Waals surface area contributed by atoms with Crippen LogP contribution in [0.2, 0.25) is 0 Å². The Morgan fingerprint density at radius 2 is 0.956 bits per heavy atom. The van der Waals surface area contributed by atoms with Crippen molar-refractivity contribution in [1.29, 1.82) is 0 Å². The molecule has 45 heavy (non-hydrogen) atoms. The number of hydrogen-bond acceptors (Lipinski definition) is 4. The maximum Gasteiger partial charge on any atom is 0.267 e. The average Bonchev–Trinajstić information content (AvgIpc) is 3.00. The van der Waals surface area contributed by atoms with Gasteiger partial charge in [0.05, 0.1) is 17.9 Å². The first-order valence-electron chi connectivity index (χ1n) is 18.7. The summed E-state index contributed by atoms with van der Waals surface area (Å²) in [6.07, 6.45) is 41.4. The second-order valence-electron chi connectivity index (χ2n) is 12.8. The van der Waals surface area contributed by atoms with E-state index in [-0.39, 0.29) is 12.3 Å². The lowest BCUT2D eigenvalue weighted by Gasteiger charge is -2.21. The summed E-state index contributed by atoms with van der Waals surface area (Å²) >= 11 is 0. The van der Waals surface area contributed by atoms with E-state index in [9.17, 15) is 22.9 Å². The third kappa shape index (κ3) is 33.7. The summed E-state index contributed by atoms with van der Waals surface area (Å²) in [4.78, 5) is 12.4. The van der Waals surface area contributed by atoms with E-state index in [1.54, 1.807) is 6.08 Å². The van der Waals surface area contributed by atoms with Gasteiger partial charge in [-0.2, -0.15) is 8.42 Å². The molecule has 0 aromatic rings. The number of rotatable bonds is 33. The van der Waals surface area contributed by atoms with E-state index in [1.807, 2.05) is 0 Å². The van der Waals surface area contributed by atoms with Crippen LogP contribution in [0.5, 0.6) is 0 Å². The summed E-state index contributed by atoms with van der Waals surface area (Å²) in [5.41, 5.74) is 0. The highest BCUT2D eigenvalue weighted by Crippen LogP contribution is 2.15. The molecule has 0 aliphatic carbocycles. The number of hydrogen-bond donors (Lipinski definition) is 3. The van der Waals surface area contributed by atoms with E-state index in [0.29, 0.717) is 6.42 Å². The minimum absolute atomic E-state index is 0.287. The predicted octanol–water partition coefficient (Wildman–Crippen LogP) is 10.6. The number of carbonyl (C=O) groups excluding carboxylic acids is 1. The van der Waals surface area contributed by atoms with Crippen LogP contribution in [0.1, 0.15) is 181 Å². The smallest absolute Gasteiger partial charge is 0.267 e. The van der Waals surface area contributed by atoms with Gasteiger partial charge in [-0.1, -0.05) is 172 Å². The standard InChI is InChI=1S/C38H71NO5S/c1-3-5-7-9-11-13-15-16-17-18-19-20-21-22-24-26-28-30-32-34-38(41)39-36(35-45(42,43)44)37(40)33-31-29-27-25-23-14-12-10-8-6-4-2/h8,10,23,25,31,33,36-37,40H,3-7,9,11-22,24,26-30,32,34-35H2,1-2H3,(H,39,41)(H,42,43,44)/b10-8+,25-23+,33-31+. The van der Waals surface area contributed by atoms with E-state index >= 15 is 0 Å². The Labute approximate surface area is 278 Å². The Bertz CT molecular complexity index is 852. The fraction of sp³-hybridized carbons (Fsp3) is 0.816. The normalized spacial score (nSPS) is 13.8. The van der Waals surface area contributed by atoms with E-state index in [2.05, 4.69) is 43.5 Å². The zero-order valence-electron chi connectivity index (χ0n) is 29.2. The van der Waals surface area contributed by atoms with Crippen molar-refractivity contribution in [3.63, 3.8) is 0 Å². The van der Waals surface area contributed by atoms with Gasteiger partial charge in [-0.3, -0.25) is 9.35 Å². The Hall–Kier alpha value is -1.44. The molecule has 0 fully saturated rings. The second kappa shape index (κ2) is 32.5. The molecule has 3 N–H and O–H groups in total. The fourth-order valence-corrected chi connectivity index (χ4v) is 6.22. The summed E-state index contributed by atoms with van der Waals surface area (Å²) in [5, 5.41) is 13.1. The van der Waals surface area contributed by atoms with Crippen LogP contribution in [-0.4, -0.2) is 41.9 Å². The molecule has 0 bridgehead atoms. The van der Waals surface area contributed by atoms with Gasteiger partial charge in [0.1, 0.15) is 0 Å². The van der Waals surface area contributed by atoms with Crippen LogP contribution in [0.25, 0.3) is 0 Å². The highest BCUT2D eigenvalue weighted by Gasteiger charge is 2.24. The summed E-state index contributed by atoms with van der Waals surface area (Å²) < 4.78 is 32.3. The molecule has 2 unspecified atom stereocenters. The van der Waals surface area contributed by atoms with Crippen LogP contribution in [0.4, 0.5) is 0 Å². The number of aliphatic hydroxyl groups excluding tert-OH is 1. The van der Waals surface area contributed by atoms with Gasteiger partial charge in [-0.05, 0) is 38.5 Å².